The third kappa shape index (κ3) is 6.77. The number of oxazole rings is 1. The highest BCUT2D eigenvalue weighted by Gasteiger charge is 2.09. The molecule has 1 aromatic rings. The topological polar surface area (TPSA) is 47.3 Å². The molecule has 0 unspecified atom stereocenters. The molecule has 0 saturated heterocycles. The SMILES string of the molecule is CCOCCCc1cnc(CCNC(C)(C)C)o1. The molecular weight excluding hydrogens is 228 g/mol. The highest BCUT2D eigenvalue weighted by Crippen LogP contribution is 2.07. The van der Waals surface area contributed by atoms with Crippen molar-refractivity contribution in [2.75, 3.05) is 19.8 Å². The van der Waals surface area contributed by atoms with Crippen LogP contribution in [0.15, 0.2) is 10.6 Å². The van der Waals surface area contributed by atoms with E-state index in [-0.39, 0.29) is 5.54 Å². The number of nitrogens with zero attached hydrogens (tertiary/aromatic N) is 1. The lowest BCUT2D eigenvalue weighted by atomic mass is 10.1. The van der Waals surface area contributed by atoms with Crippen LogP contribution in [0.1, 0.15) is 45.8 Å². The summed E-state index contributed by atoms with van der Waals surface area (Å²) in [6, 6.07) is 0. The lowest BCUT2D eigenvalue weighted by molar-refractivity contribution is 0.144. The molecule has 18 heavy (non-hydrogen) atoms. The first-order chi connectivity index (χ1) is 8.51. The maximum Gasteiger partial charge on any atom is 0.195 e. The molecule has 1 aromatic heterocycles. The van der Waals surface area contributed by atoms with Crippen LogP contribution in [0.25, 0.3) is 0 Å². The second kappa shape index (κ2) is 7.54. The summed E-state index contributed by atoms with van der Waals surface area (Å²) in [5, 5.41) is 3.42. The minimum absolute atomic E-state index is 0.146. The van der Waals surface area contributed by atoms with Crippen LogP contribution in [0.2, 0.25) is 0 Å². The Hall–Kier alpha value is -0.870. The average Bonchev–Trinajstić information content (AvgIpc) is 2.71. The number of aromatic nitrogens is 1. The van der Waals surface area contributed by atoms with Gasteiger partial charge in [-0.15, -0.1) is 0 Å². The van der Waals surface area contributed by atoms with Crippen LogP contribution in [-0.4, -0.2) is 30.3 Å². The number of aryl methyl sites for hydroxylation is 1. The second-order valence-corrected chi connectivity index (χ2v) is 5.45. The Kier molecular flexibility index (Phi) is 6.36. The van der Waals surface area contributed by atoms with Crippen LogP contribution in [0.4, 0.5) is 0 Å². The fourth-order valence-electron chi connectivity index (χ4n) is 1.62. The first kappa shape index (κ1) is 15.2. The monoisotopic (exact) mass is 254 g/mol. The standard InChI is InChI=1S/C14H26N2O2/c1-5-17-10-6-7-12-11-15-13(18-12)8-9-16-14(2,3)4/h11,16H,5-10H2,1-4H3. The van der Waals surface area contributed by atoms with Gasteiger partial charge in [-0.1, -0.05) is 0 Å². The molecule has 1 N–H and O–H groups in total. The van der Waals surface area contributed by atoms with Crippen molar-refractivity contribution in [3.05, 3.63) is 17.8 Å². The van der Waals surface area contributed by atoms with Gasteiger partial charge in [-0.2, -0.15) is 0 Å². The van der Waals surface area contributed by atoms with Gasteiger partial charge < -0.3 is 14.5 Å². The smallest absolute Gasteiger partial charge is 0.195 e. The number of hydrogen-bond acceptors (Lipinski definition) is 4. The van der Waals surface area contributed by atoms with Crippen molar-refractivity contribution >= 4 is 0 Å². The van der Waals surface area contributed by atoms with E-state index in [2.05, 4.69) is 31.1 Å². The normalized spacial score (nSPS) is 12.0. The van der Waals surface area contributed by atoms with E-state index in [1.807, 2.05) is 13.1 Å². The fourth-order valence-corrected chi connectivity index (χ4v) is 1.62. The minimum atomic E-state index is 0.146. The van der Waals surface area contributed by atoms with Gasteiger partial charge in [0.25, 0.3) is 0 Å². The van der Waals surface area contributed by atoms with E-state index in [1.54, 1.807) is 0 Å². The van der Waals surface area contributed by atoms with E-state index in [4.69, 9.17) is 9.15 Å². The molecule has 0 aliphatic carbocycles. The maximum atomic E-state index is 5.67. The molecule has 0 spiro atoms. The van der Waals surface area contributed by atoms with Gasteiger partial charge >= 0.3 is 0 Å². The zero-order valence-corrected chi connectivity index (χ0v) is 12.1. The quantitative estimate of drug-likeness (QED) is 0.724. The van der Waals surface area contributed by atoms with Crippen LogP contribution in [0, 0.1) is 0 Å². The van der Waals surface area contributed by atoms with Crippen molar-refractivity contribution in [2.24, 2.45) is 0 Å². The van der Waals surface area contributed by atoms with Crippen LogP contribution in [0.3, 0.4) is 0 Å². The number of hydrogen-bond donors (Lipinski definition) is 1. The van der Waals surface area contributed by atoms with Crippen molar-refractivity contribution in [1.29, 1.82) is 0 Å². The lowest BCUT2D eigenvalue weighted by Crippen LogP contribution is -2.37. The molecule has 0 aromatic carbocycles. The molecule has 4 nitrogen and oxygen atoms in total. The zero-order chi connectivity index (χ0) is 13.4. The van der Waals surface area contributed by atoms with E-state index in [0.29, 0.717) is 0 Å². The zero-order valence-electron chi connectivity index (χ0n) is 12.1. The molecular formula is C14H26N2O2. The van der Waals surface area contributed by atoms with Crippen molar-refractivity contribution in [2.45, 2.75) is 52.5 Å². The van der Waals surface area contributed by atoms with Gasteiger partial charge in [0.05, 0.1) is 6.20 Å². The summed E-state index contributed by atoms with van der Waals surface area (Å²) in [6.07, 6.45) is 4.56. The van der Waals surface area contributed by atoms with E-state index in [9.17, 15) is 0 Å². The van der Waals surface area contributed by atoms with Crippen molar-refractivity contribution < 1.29 is 9.15 Å². The van der Waals surface area contributed by atoms with E-state index in [0.717, 1.165) is 50.7 Å². The Balaban J connectivity index is 2.21. The fraction of sp³-hybridized carbons (Fsp3) is 0.786. The van der Waals surface area contributed by atoms with E-state index >= 15 is 0 Å². The minimum Gasteiger partial charge on any atom is -0.446 e. The third-order valence-electron chi connectivity index (χ3n) is 2.51. The summed E-state index contributed by atoms with van der Waals surface area (Å²) in [5.74, 6) is 1.78. The lowest BCUT2D eigenvalue weighted by Gasteiger charge is -2.19. The largest absolute Gasteiger partial charge is 0.446 e. The predicted molar refractivity (Wildman–Crippen MR) is 72.8 cm³/mol. The summed E-state index contributed by atoms with van der Waals surface area (Å²) >= 11 is 0. The molecule has 0 aliphatic rings. The van der Waals surface area contributed by atoms with Gasteiger partial charge in [-0.3, -0.25) is 0 Å². The van der Waals surface area contributed by atoms with Crippen molar-refractivity contribution in [3.8, 4) is 0 Å². The predicted octanol–water partition coefficient (Wildman–Crippen LogP) is 2.57. The summed E-state index contributed by atoms with van der Waals surface area (Å²) in [7, 11) is 0. The van der Waals surface area contributed by atoms with Gasteiger partial charge in [0.15, 0.2) is 5.89 Å². The average molecular weight is 254 g/mol. The Morgan fingerprint density at radius 2 is 2.11 bits per heavy atom. The molecule has 0 radical (unpaired) electrons. The van der Waals surface area contributed by atoms with Gasteiger partial charge in [0.1, 0.15) is 5.76 Å². The maximum absolute atomic E-state index is 5.67. The Morgan fingerprint density at radius 3 is 2.78 bits per heavy atom. The van der Waals surface area contributed by atoms with Crippen LogP contribution in [-0.2, 0) is 17.6 Å². The molecule has 0 fully saturated rings. The van der Waals surface area contributed by atoms with Crippen molar-refractivity contribution in [3.63, 3.8) is 0 Å². The molecule has 0 bridgehead atoms. The third-order valence-corrected chi connectivity index (χ3v) is 2.51. The number of rotatable bonds is 8. The highest BCUT2D eigenvalue weighted by atomic mass is 16.5. The van der Waals surface area contributed by atoms with Crippen molar-refractivity contribution in [1.82, 2.24) is 10.3 Å². The summed E-state index contributed by atoms with van der Waals surface area (Å²) in [4.78, 5) is 4.29. The van der Waals surface area contributed by atoms with E-state index < -0.39 is 0 Å². The van der Waals surface area contributed by atoms with E-state index in [1.165, 1.54) is 0 Å². The molecule has 0 aliphatic heterocycles. The second-order valence-electron chi connectivity index (χ2n) is 5.45. The Morgan fingerprint density at radius 1 is 1.33 bits per heavy atom. The number of ether oxygens (including phenoxy) is 1. The molecule has 1 heterocycles. The number of nitrogens with one attached hydrogen (secondary N) is 1. The van der Waals surface area contributed by atoms with Crippen LogP contribution in [0.5, 0.6) is 0 Å². The summed E-state index contributed by atoms with van der Waals surface area (Å²) in [5.41, 5.74) is 0.146. The van der Waals surface area contributed by atoms with Gasteiger partial charge in [-0.05, 0) is 34.1 Å². The molecule has 4 heteroatoms. The van der Waals surface area contributed by atoms with Crippen LogP contribution < -0.4 is 5.32 Å². The van der Waals surface area contributed by atoms with Gasteiger partial charge in [0.2, 0.25) is 0 Å². The van der Waals surface area contributed by atoms with Crippen LogP contribution >= 0.6 is 0 Å². The Bertz CT molecular complexity index is 329. The molecule has 104 valence electrons. The first-order valence-corrected chi connectivity index (χ1v) is 6.77. The Labute approximate surface area is 110 Å². The molecule has 1 rings (SSSR count). The summed E-state index contributed by atoms with van der Waals surface area (Å²) < 4.78 is 11.0. The molecule has 0 saturated carbocycles. The van der Waals surface area contributed by atoms with Gasteiger partial charge in [-0.25, -0.2) is 4.98 Å². The molecule has 0 amide bonds. The van der Waals surface area contributed by atoms with Gasteiger partial charge in [0, 0.05) is 38.1 Å². The molecule has 0 atom stereocenters. The highest BCUT2D eigenvalue weighted by molar-refractivity contribution is 4.95. The summed E-state index contributed by atoms with van der Waals surface area (Å²) in [6.45, 7) is 10.9. The first-order valence-electron chi connectivity index (χ1n) is 6.77.